The first-order chi connectivity index (χ1) is 14.2. The molecule has 0 saturated carbocycles. The minimum atomic E-state index is -0.439. The first-order valence-electron chi connectivity index (χ1n) is 11.5. The number of hydrogen-bond donors (Lipinski definition) is 1. The molecule has 0 fully saturated rings. The number of rotatable bonds is 16. The van der Waals surface area contributed by atoms with Crippen LogP contribution in [0.5, 0.6) is 6.08 Å². The average Bonchev–Trinajstić information content (AvgIpc) is 2.70. The number of aromatic nitrogens is 1. The van der Waals surface area contributed by atoms with E-state index in [9.17, 15) is 4.79 Å². The number of benzene rings is 1. The average molecular weight is 403 g/mol. The number of nitrogens with zero attached hydrogens (tertiary/aromatic N) is 1. The van der Waals surface area contributed by atoms with E-state index in [-0.39, 0.29) is 6.08 Å². The van der Waals surface area contributed by atoms with Crippen LogP contribution in [-0.4, -0.2) is 11.6 Å². The summed E-state index contributed by atoms with van der Waals surface area (Å²) in [6, 6.07) is 4.95. The van der Waals surface area contributed by atoms with E-state index in [1.54, 1.807) is 18.2 Å². The number of unbranched alkanes of at least 4 members (excludes halogenated alkanes) is 13. The Morgan fingerprint density at radius 1 is 0.862 bits per heavy atom. The van der Waals surface area contributed by atoms with Crippen molar-refractivity contribution in [2.45, 2.75) is 96.8 Å². The molecule has 2 rings (SSSR count). The Balaban J connectivity index is 1.46. The van der Waals surface area contributed by atoms with Crippen LogP contribution < -0.4 is 16.1 Å². The van der Waals surface area contributed by atoms with Gasteiger partial charge in [-0.3, -0.25) is 0 Å². The van der Waals surface area contributed by atoms with Gasteiger partial charge >= 0.3 is 11.7 Å². The van der Waals surface area contributed by atoms with Gasteiger partial charge in [0.05, 0.1) is 17.5 Å². The van der Waals surface area contributed by atoms with Gasteiger partial charge in [0, 0.05) is 5.69 Å². The topological polar surface area (TPSA) is 78.4 Å². The molecule has 29 heavy (non-hydrogen) atoms. The number of ether oxygens (including phenoxy) is 1. The van der Waals surface area contributed by atoms with Gasteiger partial charge in [-0.05, 0) is 24.6 Å². The SMILES string of the molecule is CCCCCCCCCCCCCCCCOc1nc2cc(N)ccc2c(=O)o1. The van der Waals surface area contributed by atoms with Crippen LogP contribution in [0.4, 0.5) is 5.69 Å². The molecular weight excluding hydrogens is 364 g/mol. The molecule has 0 unspecified atom stereocenters. The van der Waals surface area contributed by atoms with Crippen LogP contribution in [0.2, 0.25) is 0 Å². The molecule has 0 saturated heterocycles. The summed E-state index contributed by atoms with van der Waals surface area (Å²) in [6.45, 7) is 2.78. The summed E-state index contributed by atoms with van der Waals surface area (Å²) in [6.07, 6.45) is 18.5. The lowest BCUT2D eigenvalue weighted by atomic mass is 10.0. The Bertz CT molecular complexity index is 757. The van der Waals surface area contributed by atoms with Crippen molar-refractivity contribution in [1.29, 1.82) is 0 Å². The summed E-state index contributed by atoms with van der Waals surface area (Å²) in [5.41, 5.74) is 6.38. The first-order valence-corrected chi connectivity index (χ1v) is 11.5. The molecule has 5 heteroatoms. The van der Waals surface area contributed by atoms with Crippen LogP contribution in [0.25, 0.3) is 10.9 Å². The molecule has 2 aromatic rings. The van der Waals surface area contributed by atoms with E-state index < -0.39 is 5.63 Å². The van der Waals surface area contributed by atoms with Gasteiger partial charge in [0.1, 0.15) is 0 Å². The van der Waals surface area contributed by atoms with Gasteiger partial charge in [0.15, 0.2) is 0 Å². The van der Waals surface area contributed by atoms with E-state index in [0.717, 1.165) is 12.8 Å². The quantitative estimate of drug-likeness (QED) is 0.252. The maximum Gasteiger partial charge on any atom is 0.397 e. The Kier molecular flexibility index (Phi) is 11.2. The van der Waals surface area contributed by atoms with Crippen LogP contribution >= 0.6 is 0 Å². The Hall–Kier alpha value is -2.04. The van der Waals surface area contributed by atoms with Gasteiger partial charge in [-0.25, -0.2) is 4.79 Å². The third-order valence-electron chi connectivity index (χ3n) is 5.36. The summed E-state index contributed by atoms with van der Waals surface area (Å²) in [4.78, 5) is 16.2. The van der Waals surface area contributed by atoms with Crippen LogP contribution in [0.15, 0.2) is 27.4 Å². The zero-order valence-corrected chi connectivity index (χ0v) is 18.1. The lowest BCUT2D eigenvalue weighted by molar-refractivity contribution is 0.211. The fourth-order valence-electron chi connectivity index (χ4n) is 3.59. The smallest absolute Gasteiger partial charge is 0.397 e. The fraction of sp³-hybridized carbons (Fsp3) is 0.667. The molecule has 1 aromatic carbocycles. The second-order valence-corrected chi connectivity index (χ2v) is 7.99. The molecule has 162 valence electrons. The molecule has 1 heterocycles. The van der Waals surface area contributed by atoms with E-state index in [1.807, 2.05) is 0 Å². The Morgan fingerprint density at radius 2 is 1.41 bits per heavy atom. The summed E-state index contributed by atoms with van der Waals surface area (Å²) < 4.78 is 10.6. The molecular formula is C24H38N2O3. The van der Waals surface area contributed by atoms with Crippen LogP contribution in [-0.2, 0) is 0 Å². The van der Waals surface area contributed by atoms with Gasteiger partial charge < -0.3 is 14.9 Å². The second-order valence-electron chi connectivity index (χ2n) is 7.99. The third kappa shape index (κ3) is 9.33. The first kappa shape index (κ1) is 23.2. The van der Waals surface area contributed by atoms with Crippen molar-refractivity contribution in [1.82, 2.24) is 4.98 Å². The summed E-state index contributed by atoms with van der Waals surface area (Å²) >= 11 is 0. The highest BCUT2D eigenvalue weighted by Gasteiger charge is 2.07. The zero-order valence-electron chi connectivity index (χ0n) is 18.1. The van der Waals surface area contributed by atoms with Gasteiger partial charge in [0.2, 0.25) is 0 Å². The number of hydrogen-bond acceptors (Lipinski definition) is 5. The molecule has 0 bridgehead atoms. The maximum atomic E-state index is 11.9. The number of nitrogens with two attached hydrogens (primary N) is 1. The Morgan fingerprint density at radius 3 is 2.00 bits per heavy atom. The Labute approximate surface area is 175 Å². The number of nitrogen functional groups attached to an aromatic ring is 1. The monoisotopic (exact) mass is 402 g/mol. The molecule has 0 amide bonds. The van der Waals surface area contributed by atoms with Crippen LogP contribution in [0.1, 0.15) is 96.8 Å². The van der Waals surface area contributed by atoms with Crippen molar-refractivity contribution in [3.05, 3.63) is 28.6 Å². The lowest BCUT2D eigenvalue weighted by Gasteiger charge is -2.05. The summed E-state index contributed by atoms with van der Waals surface area (Å²) in [5, 5.41) is 0.419. The van der Waals surface area contributed by atoms with Crippen molar-refractivity contribution in [2.24, 2.45) is 0 Å². The largest absolute Gasteiger partial charge is 0.450 e. The molecule has 0 aliphatic rings. The predicted molar refractivity (Wildman–Crippen MR) is 120 cm³/mol. The predicted octanol–water partition coefficient (Wildman–Crippen LogP) is 6.63. The minimum Gasteiger partial charge on any atom is -0.450 e. The highest BCUT2D eigenvalue weighted by atomic mass is 16.6. The molecule has 1 aromatic heterocycles. The van der Waals surface area contributed by atoms with Gasteiger partial charge in [-0.2, -0.15) is 4.98 Å². The standard InChI is InChI=1S/C24H38N2O3/c1-2-3-4-5-6-7-8-9-10-11-12-13-14-15-18-28-24-26-22-19-20(25)16-17-21(22)23(27)29-24/h16-17,19H,2-15,18,25H2,1H3. The molecule has 2 N–H and O–H groups in total. The summed E-state index contributed by atoms with van der Waals surface area (Å²) in [5.74, 6) is 0. The van der Waals surface area contributed by atoms with Crippen molar-refractivity contribution in [3.8, 4) is 6.08 Å². The van der Waals surface area contributed by atoms with Crippen molar-refractivity contribution in [2.75, 3.05) is 12.3 Å². The number of anilines is 1. The van der Waals surface area contributed by atoms with E-state index in [4.69, 9.17) is 14.9 Å². The highest BCUT2D eigenvalue weighted by molar-refractivity contribution is 5.80. The van der Waals surface area contributed by atoms with Crippen molar-refractivity contribution >= 4 is 16.6 Å². The van der Waals surface area contributed by atoms with E-state index >= 15 is 0 Å². The molecule has 0 aliphatic carbocycles. The van der Waals surface area contributed by atoms with E-state index in [2.05, 4.69) is 11.9 Å². The van der Waals surface area contributed by atoms with Crippen molar-refractivity contribution < 1.29 is 9.15 Å². The fourth-order valence-corrected chi connectivity index (χ4v) is 3.59. The van der Waals surface area contributed by atoms with Gasteiger partial charge in [-0.15, -0.1) is 0 Å². The summed E-state index contributed by atoms with van der Waals surface area (Å²) in [7, 11) is 0. The van der Waals surface area contributed by atoms with Gasteiger partial charge in [0.25, 0.3) is 0 Å². The normalized spacial score (nSPS) is 11.2. The lowest BCUT2D eigenvalue weighted by Crippen LogP contribution is -2.06. The van der Waals surface area contributed by atoms with E-state index in [1.165, 1.54) is 77.0 Å². The molecule has 5 nitrogen and oxygen atoms in total. The second kappa shape index (κ2) is 14.0. The number of fused-ring (bicyclic) bond motifs is 1. The molecule has 0 radical (unpaired) electrons. The third-order valence-corrected chi connectivity index (χ3v) is 5.36. The zero-order chi connectivity index (χ0) is 20.7. The molecule has 0 aliphatic heterocycles. The molecule has 0 spiro atoms. The minimum absolute atomic E-state index is 0.0304. The van der Waals surface area contributed by atoms with Gasteiger partial charge in [-0.1, -0.05) is 90.4 Å². The highest BCUT2D eigenvalue weighted by Crippen LogP contribution is 2.16. The van der Waals surface area contributed by atoms with Crippen LogP contribution in [0, 0.1) is 0 Å². The molecule has 0 atom stereocenters. The van der Waals surface area contributed by atoms with E-state index in [0.29, 0.717) is 23.2 Å². The maximum absolute atomic E-state index is 11.9. The van der Waals surface area contributed by atoms with Crippen molar-refractivity contribution in [3.63, 3.8) is 0 Å². The van der Waals surface area contributed by atoms with Crippen LogP contribution in [0.3, 0.4) is 0 Å².